The summed E-state index contributed by atoms with van der Waals surface area (Å²) in [5.41, 5.74) is -0.00438. The predicted octanol–water partition coefficient (Wildman–Crippen LogP) is 5.16. The number of hydrogen-bond donors (Lipinski definition) is 3. The highest BCUT2D eigenvalue weighted by Crippen LogP contribution is 2.33. The first-order valence-electron chi connectivity index (χ1n) is 14.6. The van der Waals surface area contributed by atoms with Crippen molar-refractivity contribution in [2.24, 2.45) is 5.92 Å². The van der Waals surface area contributed by atoms with E-state index in [1.807, 2.05) is 13.8 Å². The Labute approximate surface area is 245 Å². The maximum Gasteiger partial charge on any atom is 0.408 e. The zero-order chi connectivity index (χ0) is 31.2. The van der Waals surface area contributed by atoms with E-state index in [1.54, 1.807) is 45.9 Å². The van der Waals surface area contributed by atoms with Crippen molar-refractivity contribution in [3.63, 3.8) is 0 Å². The van der Waals surface area contributed by atoms with Crippen LogP contribution in [0.4, 0.5) is 4.79 Å². The van der Waals surface area contributed by atoms with E-state index in [0.29, 0.717) is 18.4 Å². The van der Waals surface area contributed by atoms with Crippen LogP contribution in [0.2, 0.25) is 0 Å². The van der Waals surface area contributed by atoms with E-state index in [9.17, 15) is 24.3 Å². The number of amides is 3. The van der Waals surface area contributed by atoms with Crippen LogP contribution in [0.5, 0.6) is 5.75 Å². The predicted molar refractivity (Wildman–Crippen MR) is 158 cm³/mol. The Morgan fingerprint density at radius 3 is 2.24 bits per heavy atom. The summed E-state index contributed by atoms with van der Waals surface area (Å²) in [5, 5.41) is 16.3. The lowest BCUT2D eigenvalue weighted by Crippen LogP contribution is -2.54. The number of rotatable bonds is 16. The van der Waals surface area contributed by atoms with Crippen LogP contribution in [-0.4, -0.2) is 65.7 Å². The number of carbonyl (C=O) groups excluding carboxylic acids is 4. The molecule has 0 fully saturated rings. The van der Waals surface area contributed by atoms with E-state index < -0.39 is 48.1 Å². The fourth-order valence-electron chi connectivity index (χ4n) is 4.45. The molecule has 2 unspecified atom stereocenters. The number of phenolic OH excluding ortho intramolecular Hbond substituents is 1. The second-order valence-corrected chi connectivity index (χ2v) is 11.8. The van der Waals surface area contributed by atoms with Crippen molar-refractivity contribution in [1.82, 2.24) is 15.5 Å². The first kappa shape index (κ1) is 35.7. The largest absolute Gasteiger partial charge is 0.507 e. The van der Waals surface area contributed by atoms with E-state index in [1.165, 1.54) is 12.0 Å². The normalized spacial score (nSPS) is 12.8. The number of aromatic hydroxyl groups is 1. The molecule has 0 aromatic heterocycles. The van der Waals surface area contributed by atoms with Crippen molar-refractivity contribution in [3.05, 3.63) is 29.3 Å². The van der Waals surface area contributed by atoms with Gasteiger partial charge in [-0.25, -0.2) is 4.79 Å². The Bertz CT molecular complexity index is 1000. The van der Waals surface area contributed by atoms with Crippen LogP contribution in [0.25, 0.3) is 0 Å². The van der Waals surface area contributed by atoms with Gasteiger partial charge in [-0.2, -0.15) is 0 Å². The van der Waals surface area contributed by atoms with Crippen molar-refractivity contribution in [3.8, 4) is 5.75 Å². The van der Waals surface area contributed by atoms with Gasteiger partial charge in [-0.15, -0.1) is 0 Å². The van der Waals surface area contributed by atoms with Crippen LogP contribution in [0.3, 0.4) is 0 Å². The number of benzene rings is 1. The molecular weight excluding hydrogens is 526 g/mol. The molecule has 0 radical (unpaired) electrons. The van der Waals surface area contributed by atoms with Crippen LogP contribution >= 0.6 is 0 Å². The van der Waals surface area contributed by atoms with Crippen LogP contribution in [0.15, 0.2) is 18.2 Å². The van der Waals surface area contributed by atoms with E-state index in [-0.39, 0.29) is 23.8 Å². The Kier molecular flexibility index (Phi) is 15.2. The van der Waals surface area contributed by atoms with Gasteiger partial charge in [0, 0.05) is 12.1 Å². The monoisotopic (exact) mass is 577 g/mol. The summed E-state index contributed by atoms with van der Waals surface area (Å²) in [4.78, 5) is 53.9. The molecule has 2 atom stereocenters. The standard InChI is InChI=1S/C31H51N3O7/c1-9-10-11-12-13-14-18-34(29(38)24(19-21(2)3)33-30(39)41-31(5,6)7)26(28(37)32-20-25(35)40-8)23-17-15-16-22(4)27(23)36/h15-17,21,24,26,36H,9-14,18-20H2,1-8H3,(H,32,37)(H,33,39). The molecule has 1 rings (SSSR count). The number of aryl methyl sites for hydroxylation is 1. The average molecular weight is 578 g/mol. The third-order valence-corrected chi connectivity index (χ3v) is 6.49. The van der Waals surface area contributed by atoms with Crippen LogP contribution < -0.4 is 10.6 Å². The zero-order valence-corrected chi connectivity index (χ0v) is 26.2. The lowest BCUT2D eigenvalue weighted by atomic mass is 9.97. The SMILES string of the molecule is CCCCCCCCN(C(=O)C(CC(C)C)NC(=O)OC(C)(C)C)C(C(=O)NCC(=O)OC)c1cccc(C)c1O. The Morgan fingerprint density at radius 1 is 1.02 bits per heavy atom. The second-order valence-electron chi connectivity index (χ2n) is 11.8. The van der Waals surface area contributed by atoms with Gasteiger partial charge in [0.15, 0.2) is 0 Å². The molecular formula is C31H51N3O7. The number of phenols is 1. The Hall–Kier alpha value is -3.30. The van der Waals surface area contributed by atoms with E-state index in [0.717, 1.165) is 32.1 Å². The summed E-state index contributed by atoms with van der Waals surface area (Å²) in [5.74, 6) is -1.85. The molecule has 0 aliphatic heterocycles. The highest BCUT2D eigenvalue weighted by molar-refractivity contribution is 5.93. The third kappa shape index (κ3) is 12.8. The molecule has 41 heavy (non-hydrogen) atoms. The van der Waals surface area contributed by atoms with Gasteiger partial charge in [-0.3, -0.25) is 14.4 Å². The smallest absolute Gasteiger partial charge is 0.408 e. The molecule has 1 aromatic carbocycles. The molecule has 0 spiro atoms. The zero-order valence-electron chi connectivity index (χ0n) is 26.2. The highest BCUT2D eigenvalue weighted by atomic mass is 16.6. The summed E-state index contributed by atoms with van der Waals surface area (Å²) < 4.78 is 10.1. The van der Waals surface area contributed by atoms with Gasteiger partial charge >= 0.3 is 12.1 Å². The molecule has 10 heteroatoms. The van der Waals surface area contributed by atoms with Crippen LogP contribution in [-0.2, 0) is 23.9 Å². The molecule has 1 aromatic rings. The number of nitrogens with one attached hydrogen (secondary N) is 2. The summed E-state index contributed by atoms with van der Waals surface area (Å²) in [6.07, 6.45) is 5.31. The number of unbranched alkanes of at least 4 members (excludes halogenated alkanes) is 5. The lowest BCUT2D eigenvalue weighted by Gasteiger charge is -2.35. The van der Waals surface area contributed by atoms with Gasteiger partial charge in [0.25, 0.3) is 0 Å². The summed E-state index contributed by atoms with van der Waals surface area (Å²) in [7, 11) is 1.21. The lowest BCUT2D eigenvalue weighted by molar-refractivity contribution is -0.145. The number of hydrogen-bond acceptors (Lipinski definition) is 7. The molecule has 0 saturated heterocycles. The Morgan fingerprint density at radius 2 is 1.66 bits per heavy atom. The number of para-hydroxylation sites is 1. The van der Waals surface area contributed by atoms with Gasteiger partial charge in [-0.1, -0.05) is 71.1 Å². The van der Waals surface area contributed by atoms with E-state index in [4.69, 9.17) is 4.74 Å². The third-order valence-electron chi connectivity index (χ3n) is 6.49. The summed E-state index contributed by atoms with van der Waals surface area (Å²) in [6, 6.07) is 2.76. The van der Waals surface area contributed by atoms with Gasteiger partial charge in [0.1, 0.15) is 30.0 Å². The molecule has 0 aliphatic carbocycles. The van der Waals surface area contributed by atoms with Gasteiger partial charge < -0.3 is 30.1 Å². The number of carbonyl (C=O) groups is 4. The number of methoxy groups -OCH3 is 1. The van der Waals surface area contributed by atoms with E-state index >= 15 is 0 Å². The average Bonchev–Trinajstić information content (AvgIpc) is 2.88. The molecule has 0 saturated carbocycles. The fraction of sp³-hybridized carbons (Fsp3) is 0.677. The molecule has 0 bridgehead atoms. The van der Waals surface area contributed by atoms with Gasteiger partial charge in [0.2, 0.25) is 11.8 Å². The molecule has 3 N–H and O–H groups in total. The minimum absolute atomic E-state index is 0.0359. The summed E-state index contributed by atoms with van der Waals surface area (Å²) in [6.45, 7) is 12.7. The topological polar surface area (TPSA) is 134 Å². The fourth-order valence-corrected chi connectivity index (χ4v) is 4.45. The van der Waals surface area contributed by atoms with E-state index in [2.05, 4.69) is 22.3 Å². The first-order chi connectivity index (χ1) is 19.2. The number of esters is 1. The Balaban J connectivity index is 3.54. The second kappa shape index (κ2) is 17.5. The highest BCUT2D eigenvalue weighted by Gasteiger charge is 2.37. The number of nitrogens with zero attached hydrogens (tertiary/aromatic N) is 1. The van der Waals surface area contributed by atoms with Gasteiger partial charge in [0.05, 0.1) is 7.11 Å². The van der Waals surface area contributed by atoms with Gasteiger partial charge in [-0.05, 0) is 52.0 Å². The molecule has 0 aliphatic rings. The van der Waals surface area contributed by atoms with Crippen molar-refractivity contribution in [2.75, 3.05) is 20.2 Å². The van der Waals surface area contributed by atoms with Crippen molar-refractivity contribution >= 4 is 23.9 Å². The minimum atomic E-state index is -1.25. The molecule has 0 heterocycles. The quantitative estimate of drug-likeness (QED) is 0.182. The molecule has 3 amide bonds. The number of ether oxygens (including phenoxy) is 2. The van der Waals surface area contributed by atoms with Crippen molar-refractivity contribution in [2.45, 2.75) is 111 Å². The molecule has 232 valence electrons. The first-order valence-corrected chi connectivity index (χ1v) is 14.6. The molecule has 10 nitrogen and oxygen atoms in total. The van der Waals surface area contributed by atoms with Crippen molar-refractivity contribution < 1.29 is 33.8 Å². The van der Waals surface area contributed by atoms with Crippen LogP contribution in [0.1, 0.15) is 104 Å². The number of alkyl carbamates (subject to hydrolysis) is 1. The minimum Gasteiger partial charge on any atom is -0.507 e. The van der Waals surface area contributed by atoms with Crippen molar-refractivity contribution in [1.29, 1.82) is 0 Å². The maximum atomic E-state index is 14.3. The summed E-state index contributed by atoms with van der Waals surface area (Å²) >= 11 is 0. The maximum absolute atomic E-state index is 14.3. The van der Waals surface area contributed by atoms with Crippen LogP contribution in [0, 0.1) is 12.8 Å².